The van der Waals surface area contributed by atoms with Gasteiger partial charge < -0.3 is 15.0 Å². The van der Waals surface area contributed by atoms with E-state index in [-0.39, 0.29) is 5.91 Å². The molecule has 1 aliphatic heterocycles. The van der Waals surface area contributed by atoms with Crippen molar-refractivity contribution >= 4 is 22.8 Å². The van der Waals surface area contributed by atoms with Crippen molar-refractivity contribution in [3.63, 3.8) is 0 Å². The third kappa shape index (κ3) is 3.62. The molecule has 1 fully saturated rings. The monoisotopic (exact) mass is 349 g/mol. The number of morpholine rings is 1. The lowest BCUT2D eigenvalue weighted by molar-refractivity contribution is 0.0946. The second-order valence-corrected chi connectivity index (χ2v) is 6.02. The van der Waals surface area contributed by atoms with Crippen LogP contribution in [0.2, 0.25) is 0 Å². The Morgan fingerprint density at radius 1 is 1.08 bits per heavy atom. The molecule has 0 bridgehead atoms. The minimum absolute atomic E-state index is 0.220. The fraction of sp³-hybridized carbons (Fsp3) is 0.263. The van der Waals surface area contributed by atoms with Crippen molar-refractivity contribution in [1.29, 1.82) is 0 Å². The number of carbonyl (C=O) groups excluding carboxylic acids is 1. The standard InChI is InChI=1S/C19H19N5O2/c25-18(17-6-5-14-3-1-2-4-16(14)23-17)21-13-15-7-8-20-19(22-15)24-9-11-26-12-10-24/h1-8H,9-13H2,(H,21,25). The maximum atomic E-state index is 12.4. The predicted octanol–water partition coefficient (Wildman–Crippen LogP) is 1.79. The Kier molecular flexibility index (Phi) is 4.70. The average molecular weight is 349 g/mol. The van der Waals surface area contributed by atoms with Gasteiger partial charge in [-0.1, -0.05) is 24.3 Å². The SMILES string of the molecule is O=C(NCc1ccnc(N2CCOCC2)n1)c1ccc2ccccc2n1. The van der Waals surface area contributed by atoms with Gasteiger partial charge in [-0.25, -0.2) is 15.0 Å². The van der Waals surface area contributed by atoms with E-state index in [1.807, 2.05) is 30.3 Å². The molecule has 1 aliphatic rings. The van der Waals surface area contributed by atoms with Gasteiger partial charge in [0.15, 0.2) is 0 Å². The molecule has 2 aromatic heterocycles. The molecule has 26 heavy (non-hydrogen) atoms. The third-order valence-corrected chi connectivity index (χ3v) is 4.26. The fourth-order valence-corrected chi connectivity index (χ4v) is 2.85. The van der Waals surface area contributed by atoms with Crippen LogP contribution < -0.4 is 10.2 Å². The quantitative estimate of drug-likeness (QED) is 0.773. The Morgan fingerprint density at radius 2 is 1.92 bits per heavy atom. The Morgan fingerprint density at radius 3 is 2.81 bits per heavy atom. The number of carbonyl (C=O) groups is 1. The van der Waals surface area contributed by atoms with Gasteiger partial charge in [0.25, 0.3) is 5.91 Å². The maximum Gasteiger partial charge on any atom is 0.270 e. The first kappa shape index (κ1) is 16.4. The first-order valence-corrected chi connectivity index (χ1v) is 8.58. The highest BCUT2D eigenvalue weighted by atomic mass is 16.5. The molecule has 7 heteroatoms. The molecule has 0 spiro atoms. The van der Waals surface area contributed by atoms with Gasteiger partial charge in [-0.15, -0.1) is 0 Å². The number of nitrogens with one attached hydrogen (secondary N) is 1. The van der Waals surface area contributed by atoms with Gasteiger partial charge in [0.05, 0.1) is 31.0 Å². The summed E-state index contributed by atoms with van der Waals surface area (Å²) < 4.78 is 5.35. The minimum atomic E-state index is -0.220. The first-order chi connectivity index (χ1) is 12.8. The molecular formula is C19H19N5O2. The molecule has 1 aromatic carbocycles. The Balaban J connectivity index is 1.43. The van der Waals surface area contributed by atoms with E-state index in [0.29, 0.717) is 31.4 Å². The molecule has 0 atom stereocenters. The molecule has 1 amide bonds. The number of rotatable bonds is 4. The van der Waals surface area contributed by atoms with E-state index in [1.165, 1.54) is 0 Å². The number of aromatic nitrogens is 3. The zero-order valence-electron chi connectivity index (χ0n) is 14.3. The number of nitrogens with zero attached hydrogens (tertiary/aromatic N) is 4. The Hall–Kier alpha value is -3.06. The van der Waals surface area contributed by atoms with Crippen molar-refractivity contribution in [3.05, 3.63) is 60.0 Å². The molecule has 4 rings (SSSR count). The lowest BCUT2D eigenvalue weighted by atomic mass is 10.2. The zero-order valence-corrected chi connectivity index (χ0v) is 14.3. The number of hydrogen-bond donors (Lipinski definition) is 1. The molecule has 0 aliphatic carbocycles. The topological polar surface area (TPSA) is 80.2 Å². The summed E-state index contributed by atoms with van der Waals surface area (Å²) in [5.74, 6) is 0.450. The summed E-state index contributed by atoms with van der Waals surface area (Å²) in [6, 6.07) is 13.2. The van der Waals surface area contributed by atoms with Crippen LogP contribution in [-0.4, -0.2) is 47.2 Å². The van der Waals surface area contributed by atoms with Crippen molar-refractivity contribution < 1.29 is 9.53 Å². The molecule has 7 nitrogen and oxygen atoms in total. The van der Waals surface area contributed by atoms with Crippen LogP contribution in [0.15, 0.2) is 48.7 Å². The number of benzene rings is 1. The molecular weight excluding hydrogens is 330 g/mol. The Bertz CT molecular complexity index is 924. The smallest absolute Gasteiger partial charge is 0.270 e. The third-order valence-electron chi connectivity index (χ3n) is 4.26. The molecule has 3 aromatic rings. The van der Waals surface area contributed by atoms with Crippen LogP contribution in [0.3, 0.4) is 0 Å². The highest BCUT2D eigenvalue weighted by Gasteiger charge is 2.14. The number of fused-ring (bicyclic) bond motifs is 1. The largest absolute Gasteiger partial charge is 0.378 e. The van der Waals surface area contributed by atoms with E-state index in [0.717, 1.165) is 29.7 Å². The van der Waals surface area contributed by atoms with Crippen LogP contribution in [0.1, 0.15) is 16.2 Å². The number of hydrogen-bond acceptors (Lipinski definition) is 6. The number of anilines is 1. The van der Waals surface area contributed by atoms with Crippen molar-refractivity contribution in [2.24, 2.45) is 0 Å². The summed E-state index contributed by atoms with van der Waals surface area (Å²) in [5.41, 5.74) is 1.96. The van der Waals surface area contributed by atoms with E-state index in [9.17, 15) is 4.79 Å². The van der Waals surface area contributed by atoms with Gasteiger partial charge in [0.2, 0.25) is 5.95 Å². The second kappa shape index (κ2) is 7.45. The molecule has 1 N–H and O–H groups in total. The van der Waals surface area contributed by atoms with Crippen LogP contribution in [0.25, 0.3) is 10.9 Å². The van der Waals surface area contributed by atoms with Crippen LogP contribution in [-0.2, 0) is 11.3 Å². The van der Waals surface area contributed by atoms with Gasteiger partial charge in [-0.3, -0.25) is 4.79 Å². The van der Waals surface area contributed by atoms with Gasteiger partial charge >= 0.3 is 0 Å². The van der Waals surface area contributed by atoms with Gasteiger partial charge in [-0.2, -0.15) is 0 Å². The van der Waals surface area contributed by atoms with Crippen molar-refractivity contribution in [1.82, 2.24) is 20.3 Å². The zero-order chi connectivity index (χ0) is 17.8. The molecule has 0 saturated carbocycles. The lowest BCUT2D eigenvalue weighted by Crippen LogP contribution is -2.37. The van der Waals surface area contributed by atoms with E-state index < -0.39 is 0 Å². The van der Waals surface area contributed by atoms with E-state index in [2.05, 4.69) is 25.2 Å². The molecule has 1 saturated heterocycles. The van der Waals surface area contributed by atoms with Crippen molar-refractivity contribution in [3.8, 4) is 0 Å². The number of para-hydroxylation sites is 1. The number of amides is 1. The highest BCUT2D eigenvalue weighted by Crippen LogP contribution is 2.12. The molecule has 0 unspecified atom stereocenters. The maximum absolute atomic E-state index is 12.4. The van der Waals surface area contributed by atoms with Crippen LogP contribution in [0.5, 0.6) is 0 Å². The minimum Gasteiger partial charge on any atom is -0.378 e. The summed E-state index contributed by atoms with van der Waals surface area (Å²) in [4.78, 5) is 27.8. The van der Waals surface area contributed by atoms with Crippen LogP contribution in [0, 0.1) is 0 Å². The van der Waals surface area contributed by atoms with Gasteiger partial charge in [-0.05, 0) is 18.2 Å². The molecule has 3 heterocycles. The van der Waals surface area contributed by atoms with Crippen molar-refractivity contribution in [2.45, 2.75) is 6.54 Å². The van der Waals surface area contributed by atoms with Crippen molar-refractivity contribution in [2.75, 3.05) is 31.2 Å². The Labute approximate surface area is 151 Å². The first-order valence-electron chi connectivity index (χ1n) is 8.58. The summed E-state index contributed by atoms with van der Waals surface area (Å²) in [6.45, 7) is 3.23. The van der Waals surface area contributed by atoms with E-state index in [4.69, 9.17) is 4.74 Å². The van der Waals surface area contributed by atoms with E-state index in [1.54, 1.807) is 18.3 Å². The summed E-state index contributed by atoms with van der Waals surface area (Å²) in [5, 5.41) is 3.88. The van der Waals surface area contributed by atoms with Crippen LogP contribution in [0.4, 0.5) is 5.95 Å². The molecule has 132 valence electrons. The number of ether oxygens (including phenoxy) is 1. The fourth-order valence-electron chi connectivity index (χ4n) is 2.85. The van der Waals surface area contributed by atoms with Gasteiger partial charge in [0, 0.05) is 24.7 Å². The lowest BCUT2D eigenvalue weighted by Gasteiger charge is -2.26. The summed E-state index contributed by atoms with van der Waals surface area (Å²) in [7, 11) is 0. The molecule has 0 radical (unpaired) electrons. The predicted molar refractivity (Wildman–Crippen MR) is 98.0 cm³/mol. The van der Waals surface area contributed by atoms with Crippen LogP contribution >= 0.6 is 0 Å². The summed E-state index contributed by atoms with van der Waals surface area (Å²) in [6.07, 6.45) is 1.72. The normalized spacial score (nSPS) is 14.4. The average Bonchev–Trinajstić information content (AvgIpc) is 2.72. The second-order valence-electron chi connectivity index (χ2n) is 6.02. The summed E-state index contributed by atoms with van der Waals surface area (Å²) >= 11 is 0. The van der Waals surface area contributed by atoms with E-state index >= 15 is 0 Å². The highest BCUT2D eigenvalue weighted by molar-refractivity contribution is 5.94. The number of pyridine rings is 1. The van der Waals surface area contributed by atoms with Gasteiger partial charge in [0.1, 0.15) is 5.69 Å².